The third kappa shape index (κ3) is 2.82. The second-order valence-electron chi connectivity index (χ2n) is 5.69. The first-order valence-electron chi connectivity index (χ1n) is 7.48. The second kappa shape index (κ2) is 6.43. The Balaban J connectivity index is 2.22. The Labute approximate surface area is 133 Å². The van der Waals surface area contributed by atoms with E-state index >= 15 is 0 Å². The molecule has 9 heteroatoms. The van der Waals surface area contributed by atoms with E-state index in [1.165, 1.54) is 19.1 Å². The van der Waals surface area contributed by atoms with Gasteiger partial charge in [-0.2, -0.15) is 0 Å². The largest absolute Gasteiger partial charge is 0.467 e. The number of urea groups is 1. The molecule has 23 heavy (non-hydrogen) atoms. The summed E-state index contributed by atoms with van der Waals surface area (Å²) in [5, 5.41) is 2.21. The molecule has 128 valence electrons. The molecule has 2 aliphatic rings. The molecular formula is C14H21N3O6. The monoisotopic (exact) mass is 327 g/mol. The highest BCUT2D eigenvalue weighted by atomic mass is 16.6. The van der Waals surface area contributed by atoms with E-state index in [1.807, 2.05) is 6.92 Å². The lowest BCUT2D eigenvalue weighted by Crippen LogP contribution is -2.50. The van der Waals surface area contributed by atoms with E-state index in [-0.39, 0.29) is 19.6 Å². The van der Waals surface area contributed by atoms with Gasteiger partial charge in [0.25, 0.3) is 5.91 Å². The molecule has 9 nitrogen and oxygen atoms in total. The fourth-order valence-corrected chi connectivity index (χ4v) is 2.86. The standard InChI is InChI=1S/C14H21N3O6/c1-4-5-6-23-13(21)17-8-14(7-9(17)10(18)22-3)11(19)15-12(20)16(14)2/h9H,4-8H2,1-3H3,(H,15,19,20)/t9-,14?/m0/s1. The quantitative estimate of drug-likeness (QED) is 0.446. The molecule has 1 N–H and O–H groups in total. The van der Waals surface area contributed by atoms with Crippen molar-refractivity contribution in [3.63, 3.8) is 0 Å². The van der Waals surface area contributed by atoms with Crippen molar-refractivity contribution < 1.29 is 28.7 Å². The summed E-state index contributed by atoms with van der Waals surface area (Å²) < 4.78 is 9.85. The number of methoxy groups -OCH3 is 1. The molecule has 2 atom stereocenters. The minimum Gasteiger partial charge on any atom is -0.467 e. The van der Waals surface area contributed by atoms with E-state index in [1.54, 1.807) is 0 Å². The average molecular weight is 327 g/mol. The third-order valence-corrected chi connectivity index (χ3v) is 4.36. The number of nitrogens with one attached hydrogen (secondary N) is 1. The number of rotatable bonds is 4. The number of imide groups is 1. The highest BCUT2D eigenvalue weighted by molar-refractivity contribution is 6.08. The maximum absolute atomic E-state index is 12.2. The van der Waals surface area contributed by atoms with Crippen LogP contribution in [0.5, 0.6) is 0 Å². The Hall–Kier alpha value is -2.32. The first-order chi connectivity index (χ1) is 10.9. The first-order valence-corrected chi connectivity index (χ1v) is 7.48. The summed E-state index contributed by atoms with van der Waals surface area (Å²) in [6, 6.07) is -1.52. The van der Waals surface area contributed by atoms with Crippen molar-refractivity contribution >= 4 is 24.0 Å². The number of hydrogen-bond acceptors (Lipinski definition) is 6. The lowest BCUT2D eigenvalue weighted by Gasteiger charge is -2.27. The van der Waals surface area contributed by atoms with Gasteiger partial charge in [0.2, 0.25) is 0 Å². The average Bonchev–Trinajstić information content (AvgIpc) is 3.03. The number of likely N-dealkylation sites (N-methyl/N-ethyl adjacent to an activating group) is 1. The van der Waals surface area contributed by atoms with Crippen LogP contribution in [-0.4, -0.2) is 72.7 Å². The van der Waals surface area contributed by atoms with Crippen LogP contribution < -0.4 is 5.32 Å². The SMILES string of the molecule is CCCCOC(=O)N1CC2(C[C@H]1C(=O)OC)C(=O)NC(=O)N2C. The minimum atomic E-state index is -1.26. The molecule has 0 radical (unpaired) electrons. The molecule has 2 rings (SSSR count). The van der Waals surface area contributed by atoms with Crippen molar-refractivity contribution in [1.29, 1.82) is 0 Å². The van der Waals surface area contributed by atoms with Crippen molar-refractivity contribution in [3.05, 3.63) is 0 Å². The van der Waals surface area contributed by atoms with Gasteiger partial charge in [0.1, 0.15) is 11.6 Å². The summed E-state index contributed by atoms with van der Waals surface area (Å²) in [7, 11) is 2.66. The molecule has 4 amide bonds. The van der Waals surface area contributed by atoms with Crippen molar-refractivity contribution in [2.75, 3.05) is 27.3 Å². The predicted molar refractivity (Wildman–Crippen MR) is 77.4 cm³/mol. The van der Waals surface area contributed by atoms with Gasteiger partial charge < -0.3 is 14.4 Å². The van der Waals surface area contributed by atoms with Crippen LogP contribution in [-0.2, 0) is 19.1 Å². The topological polar surface area (TPSA) is 105 Å². The van der Waals surface area contributed by atoms with Gasteiger partial charge >= 0.3 is 18.1 Å². The number of ether oxygens (including phenoxy) is 2. The number of carbonyl (C=O) groups is 4. The minimum absolute atomic E-state index is 0.0172. The summed E-state index contributed by atoms with van der Waals surface area (Å²) in [4.78, 5) is 50.5. The number of likely N-dealkylation sites (tertiary alicyclic amines) is 1. The lowest BCUT2D eigenvalue weighted by atomic mass is 9.95. The third-order valence-electron chi connectivity index (χ3n) is 4.36. The molecule has 2 heterocycles. The summed E-state index contributed by atoms with van der Waals surface area (Å²) >= 11 is 0. The number of nitrogens with zero attached hydrogens (tertiary/aromatic N) is 2. The van der Waals surface area contributed by atoms with Crippen LogP contribution in [0.3, 0.4) is 0 Å². The van der Waals surface area contributed by atoms with Crippen molar-refractivity contribution in [2.45, 2.75) is 37.8 Å². The second-order valence-corrected chi connectivity index (χ2v) is 5.69. The Morgan fingerprint density at radius 3 is 2.61 bits per heavy atom. The molecule has 0 saturated carbocycles. The van der Waals surface area contributed by atoms with Crippen molar-refractivity contribution in [1.82, 2.24) is 15.1 Å². The van der Waals surface area contributed by atoms with E-state index < -0.39 is 35.6 Å². The first kappa shape index (κ1) is 17.0. The Bertz CT molecular complexity index is 537. The molecule has 2 saturated heterocycles. The van der Waals surface area contributed by atoms with Gasteiger partial charge in [-0.05, 0) is 6.42 Å². The highest BCUT2D eigenvalue weighted by Gasteiger charge is 2.61. The number of hydrogen-bond donors (Lipinski definition) is 1. The van der Waals surface area contributed by atoms with Gasteiger partial charge in [-0.1, -0.05) is 13.3 Å². The zero-order valence-electron chi connectivity index (χ0n) is 13.5. The van der Waals surface area contributed by atoms with Gasteiger partial charge in [-0.15, -0.1) is 0 Å². The normalized spacial score (nSPS) is 26.7. The molecule has 0 aliphatic carbocycles. The molecular weight excluding hydrogens is 306 g/mol. The fourth-order valence-electron chi connectivity index (χ4n) is 2.86. The smallest absolute Gasteiger partial charge is 0.410 e. The van der Waals surface area contributed by atoms with Crippen LogP contribution in [0.15, 0.2) is 0 Å². The van der Waals surface area contributed by atoms with Gasteiger partial charge in [0.05, 0.1) is 20.3 Å². The molecule has 0 bridgehead atoms. The Morgan fingerprint density at radius 1 is 1.39 bits per heavy atom. The summed E-state index contributed by atoms with van der Waals surface area (Å²) in [5.41, 5.74) is -1.26. The van der Waals surface area contributed by atoms with Crippen LogP contribution in [0, 0.1) is 0 Å². The maximum atomic E-state index is 12.2. The molecule has 0 aromatic carbocycles. The number of unbranched alkanes of at least 4 members (excludes halogenated alkanes) is 1. The Kier molecular flexibility index (Phi) is 4.76. The van der Waals surface area contributed by atoms with Crippen molar-refractivity contribution in [3.8, 4) is 0 Å². The van der Waals surface area contributed by atoms with E-state index in [4.69, 9.17) is 9.47 Å². The number of amides is 4. The lowest BCUT2D eigenvalue weighted by molar-refractivity contribution is -0.145. The fraction of sp³-hybridized carbons (Fsp3) is 0.714. The Morgan fingerprint density at radius 2 is 2.09 bits per heavy atom. The highest BCUT2D eigenvalue weighted by Crippen LogP contribution is 2.36. The van der Waals surface area contributed by atoms with Crippen LogP contribution in [0.2, 0.25) is 0 Å². The van der Waals surface area contributed by atoms with E-state index in [2.05, 4.69) is 5.32 Å². The zero-order chi connectivity index (χ0) is 17.2. The molecule has 0 aromatic heterocycles. The van der Waals surface area contributed by atoms with Gasteiger partial charge in [0, 0.05) is 13.5 Å². The molecule has 1 unspecified atom stereocenters. The molecule has 0 aromatic rings. The van der Waals surface area contributed by atoms with Gasteiger partial charge in [-0.25, -0.2) is 14.4 Å². The van der Waals surface area contributed by atoms with Crippen LogP contribution >= 0.6 is 0 Å². The van der Waals surface area contributed by atoms with Crippen molar-refractivity contribution in [2.24, 2.45) is 0 Å². The van der Waals surface area contributed by atoms with E-state index in [0.717, 1.165) is 11.3 Å². The summed E-state index contributed by atoms with van der Waals surface area (Å²) in [6.07, 6.45) is 0.853. The number of esters is 1. The maximum Gasteiger partial charge on any atom is 0.410 e. The molecule has 2 fully saturated rings. The van der Waals surface area contributed by atoms with Gasteiger partial charge in [0.15, 0.2) is 0 Å². The van der Waals surface area contributed by atoms with E-state index in [9.17, 15) is 19.2 Å². The summed E-state index contributed by atoms with van der Waals surface area (Å²) in [6.45, 7) is 2.08. The number of carbonyl (C=O) groups excluding carboxylic acids is 4. The van der Waals surface area contributed by atoms with Crippen LogP contribution in [0.1, 0.15) is 26.2 Å². The molecule has 1 spiro atoms. The predicted octanol–water partition coefficient (Wildman–Crippen LogP) is 0.0908. The van der Waals surface area contributed by atoms with E-state index in [0.29, 0.717) is 6.42 Å². The van der Waals surface area contributed by atoms with Gasteiger partial charge in [-0.3, -0.25) is 15.0 Å². The molecule has 2 aliphatic heterocycles. The van der Waals surface area contributed by atoms with Crippen LogP contribution in [0.25, 0.3) is 0 Å². The zero-order valence-corrected chi connectivity index (χ0v) is 13.5. The summed E-state index contributed by atoms with van der Waals surface area (Å²) in [5.74, 6) is -1.17. The van der Waals surface area contributed by atoms with Crippen LogP contribution in [0.4, 0.5) is 9.59 Å².